The molecule has 1 aliphatic carbocycles. The molecule has 1 saturated carbocycles. The summed E-state index contributed by atoms with van der Waals surface area (Å²) < 4.78 is 22.8. The van der Waals surface area contributed by atoms with Crippen LogP contribution in [0.15, 0.2) is 0 Å². The molecule has 3 rings (SSSR count). The Kier molecular flexibility index (Phi) is 10.5. The second-order valence-electron chi connectivity index (χ2n) is 8.95. The van der Waals surface area contributed by atoms with E-state index in [1.54, 1.807) is 0 Å². The number of hydrogen-bond donors (Lipinski definition) is 11. The van der Waals surface area contributed by atoms with Crippen molar-refractivity contribution in [2.45, 2.75) is 98.8 Å². The van der Waals surface area contributed by atoms with Gasteiger partial charge in [0.2, 0.25) is 0 Å². The van der Waals surface area contributed by atoms with Gasteiger partial charge < -0.3 is 61.8 Å². The van der Waals surface area contributed by atoms with Crippen LogP contribution in [0, 0.1) is 0 Å². The van der Waals surface area contributed by atoms with Crippen molar-refractivity contribution in [3.63, 3.8) is 0 Å². The number of hydrogen-bond acceptors (Lipinski definition) is 17. The fourth-order valence-corrected chi connectivity index (χ4v) is 4.61. The van der Waals surface area contributed by atoms with E-state index in [0.29, 0.717) is 6.42 Å². The van der Waals surface area contributed by atoms with Crippen molar-refractivity contribution < 1.29 is 59.8 Å². The molecule has 0 aromatic carbocycles. The summed E-state index contributed by atoms with van der Waals surface area (Å²) >= 11 is 0. The highest BCUT2D eigenvalue weighted by atomic mass is 17.1. The largest absolute Gasteiger partial charge is 0.394 e. The third-order valence-electron chi connectivity index (χ3n) is 6.60. The van der Waals surface area contributed by atoms with Gasteiger partial charge in [0.1, 0.15) is 42.7 Å². The number of nitrogens with zero attached hydrogens (tertiary/aromatic N) is 1. The van der Waals surface area contributed by atoms with Crippen molar-refractivity contribution in [1.29, 1.82) is 0 Å². The van der Waals surface area contributed by atoms with E-state index in [1.807, 2.05) is 5.48 Å². The van der Waals surface area contributed by atoms with Crippen LogP contribution in [0.4, 0.5) is 0 Å². The Morgan fingerprint density at radius 1 is 0.943 bits per heavy atom. The average Bonchev–Trinajstić information content (AvgIpc) is 2.83. The smallest absolute Gasteiger partial charge is 0.186 e. The summed E-state index contributed by atoms with van der Waals surface area (Å²) in [6, 6.07) is -3.02. The Morgan fingerprint density at radius 3 is 2.23 bits per heavy atom. The van der Waals surface area contributed by atoms with Crippen LogP contribution in [0.1, 0.15) is 19.3 Å². The SMILES string of the molecule is NC[C@@H]1CC[C@@H](ON(O)O)[C@@H](OC2[C@@H](N)C[C@@H](NO)[C@H](O[C@H]3O[C@H](CO)[C@@H](O)[C@H](N)[C@H]3O)[C@H]2O)O1. The molecule has 17 nitrogen and oxygen atoms in total. The third kappa shape index (κ3) is 6.61. The van der Waals surface area contributed by atoms with Gasteiger partial charge in [0.15, 0.2) is 12.6 Å². The Bertz CT molecular complexity index is 653. The predicted molar refractivity (Wildman–Crippen MR) is 110 cm³/mol. The normalized spacial score (nSPS) is 47.2. The second kappa shape index (κ2) is 12.7. The average molecular weight is 516 g/mol. The molecule has 0 bridgehead atoms. The van der Waals surface area contributed by atoms with Gasteiger partial charge in [-0.1, -0.05) is 0 Å². The van der Waals surface area contributed by atoms with Crippen LogP contribution in [-0.2, 0) is 23.8 Å². The monoisotopic (exact) mass is 515 g/mol. The standard InChI is InChI=1S/C18H37N5O12/c19-4-6-1-2-9(35-23(29)30)17(31-6)33-15-7(20)3-8(22-28)16(14(15)27)34-18-13(26)11(21)12(25)10(5-24)32-18/h6-18,22,24-30H,1-5,19-21H2/t6-,7-,8+,9+,10+,11-,12+,13+,14-,15?,16-,17+,18+/m0/s1. The van der Waals surface area contributed by atoms with Crippen LogP contribution >= 0.6 is 0 Å². The summed E-state index contributed by atoms with van der Waals surface area (Å²) in [6.45, 7) is -0.451. The summed E-state index contributed by atoms with van der Waals surface area (Å²) in [5, 5.41) is 68.3. The number of hydroxylamine groups is 1. The van der Waals surface area contributed by atoms with Crippen molar-refractivity contribution >= 4 is 0 Å². The first-order valence-corrected chi connectivity index (χ1v) is 11.3. The lowest BCUT2D eigenvalue weighted by atomic mass is 9.84. The van der Waals surface area contributed by atoms with Crippen molar-refractivity contribution in [2.75, 3.05) is 13.2 Å². The molecule has 0 spiro atoms. The molecule has 1 unspecified atom stereocenters. The highest BCUT2D eigenvalue weighted by Crippen LogP contribution is 2.32. The van der Waals surface area contributed by atoms with Crippen LogP contribution in [0.2, 0.25) is 0 Å². The van der Waals surface area contributed by atoms with Crippen LogP contribution in [-0.4, -0.2) is 134 Å². The molecule has 2 aliphatic heterocycles. The van der Waals surface area contributed by atoms with E-state index in [4.69, 9.17) is 51.4 Å². The zero-order valence-corrected chi connectivity index (χ0v) is 18.9. The van der Waals surface area contributed by atoms with Crippen LogP contribution in [0.3, 0.4) is 0 Å². The van der Waals surface area contributed by atoms with E-state index < -0.39 is 91.5 Å². The van der Waals surface area contributed by atoms with Crippen molar-refractivity contribution in [3.8, 4) is 0 Å². The van der Waals surface area contributed by atoms with Gasteiger partial charge in [0.05, 0.1) is 30.2 Å². The lowest BCUT2D eigenvalue weighted by Crippen LogP contribution is -2.68. The Labute approximate surface area is 200 Å². The summed E-state index contributed by atoms with van der Waals surface area (Å²) in [7, 11) is 0. The molecular formula is C18H37N5O12. The lowest BCUT2D eigenvalue weighted by molar-refractivity contribution is -0.519. The number of ether oxygens (including phenoxy) is 4. The topological polar surface area (TPSA) is 281 Å². The molecule has 14 N–H and O–H groups in total. The van der Waals surface area contributed by atoms with Gasteiger partial charge in [-0.15, -0.1) is 0 Å². The molecule has 3 aliphatic rings. The van der Waals surface area contributed by atoms with E-state index >= 15 is 0 Å². The van der Waals surface area contributed by atoms with Crippen molar-refractivity contribution in [1.82, 2.24) is 10.9 Å². The van der Waals surface area contributed by atoms with Gasteiger partial charge in [0, 0.05) is 12.6 Å². The molecular weight excluding hydrogens is 478 g/mol. The lowest BCUT2D eigenvalue weighted by Gasteiger charge is -2.48. The molecule has 2 saturated heterocycles. The molecule has 206 valence electrons. The molecule has 17 heteroatoms. The fraction of sp³-hybridized carbons (Fsp3) is 1.00. The van der Waals surface area contributed by atoms with Crippen molar-refractivity contribution in [3.05, 3.63) is 0 Å². The maximum absolute atomic E-state index is 11.1. The van der Waals surface area contributed by atoms with Gasteiger partial charge in [-0.2, -0.15) is 5.48 Å². The molecule has 0 amide bonds. The number of nitrogens with two attached hydrogens (primary N) is 3. The van der Waals surface area contributed by atoms with Gasteiger partial charge >= 0.3 is 0 Å². The Morgan fingerprint density at radius 2 is 1.63 bits per heavy atom. The number of aliphatic hydroxyl groups excluding tert-OH is 4. The zero-order valence-electron chi connectivity index (χ0n) is 18.9. The molecule has 0 radical (unpaired) electrons. The number of nitrogens with one attached hydrogen (secondary N) is 1. The fourth-order valence-electron chi connectivity index (χ4n) is 4.61. The second-order valence-corrected chi connectivity index (χ2v) is 8.95. The van der Waals surface area contributed by atoms with Crippen molar-refractivity contribution in [2.24, 2.45) is 17.2 Å². The quantitative estimate of drug-likeness (QED) is 0.128. The minimum absolute atomic E-state index is 0.0223. The maximum Gasteiger partial charge on any atom is 0.186 e. The van der Waals surface area contributed by atoms with E-state index in [0.717, 1.165) is 0 Å². The third-order valence-corrected chi connectivity index (χ3v) is 6.60. The Hall–Kier alpha value is -0.680. The highest BCUT2D eigenvalue weighted by molar-refractivity contribution is 5.01. The first kappa shape index (κ1) is 28.9. The van der Waals surface area contributed by atoms with E-state index in [2.05, 4.69) is 0 Å². The van der Waals surface area contributed by atoms with E-state index in [1.165, 1.54) is 0 Å². The first-order chi connectivity index (χ1) is 16.6. The van der Waals surface area contributed by atoms with Gasteiger partial charge in [-0.05, 0) is 19.3 Å². The maximum atomic E-state index is 11.1. The van der Waals surface area contributed by atoms with Crippen LogP contribution in [0.25, 0.3) is 0 Å². The molecule has 35 heavy (non-hydrogen) atoms. The Balaban J connectivity index is 1.76. The predicted octanol–water partition coefficient (Wildman–Crippen LogP) is -5.19. The minimum Gasteiger partial charge on any atom is -0.394 e. The van der Waals surface area contributed by atoms with Gasteiger partial charge in [-0.3, -0.25) is 10.4 Å². The summed E-state index contributed by atoms with van der Waals surface area (Å²) in [6.07, 6.45) is -11.3. The summed E-state index contributed by atoms with van der Waals surface area (Å²) in [5.74, 6) is 0. The molecule has 13 atom stereocenters. The number of aliphatic hydroxyl groups is 4. The van der Waals surface area contributed by atoms with Gasteiger partial charge in [0.25, 0.3) is 0 Å². The minimum atomic E-state index is -1.53. The van der Waals surface area contributed by atoms with Crippen LogP contribution in [0.5, 0.6) is 0 Å². The molecule has 0 aromatic heterocycles. The number of rotatable bonds is 9. The van der Waals surface area contributed by atoms with E-state index in [-0.39, 0.29) is 19.4 Å². The van der Waals surface area contributed by atoms with Gasteiger partial charge in [-0.25, -0.2) is 4.84 Å². The molecule has 0 aromatic rings. The molecule has 2 heterocycles. The summed E-state index contributed by atoms with van der Waals surface area (Å²) in [4.78, 5) is 4.89. The van der Waals surface area contributed by atoms with Crippen LogP contribution < -0.4 is 22.7 Å². The van der Waals surface area contributed by atoms with E-state index in [9.17, 15) is 25.6 Å². The summed E-state index contributed by atoms with van der Waals surface area (Å²) in [5.41, 5.74) is 19.7. The zero-order chi connectivity index (χ0) is 25.9. The first-order valence-electron chi connectivity index (χ1n) is 11.3. The highest BCUT2D eigenvalue weighted by Gasteiger charge is 2.51. The molecule has 3 fully saturated rings.